The lowest BCUT2D eigenvalue weighted by Crippen LogP contribution is -2.35. The number of benzene rings is 1. The topological polar surface area (TPSA) is 107 Å². The molecule has 0 aliphatic carbocycles. The molecule has 0 aromatic heterocycles. The Labute approximate surface area is 165 Å². The van der Waals surface area contributed by atoms with Gasteiger partial charge in [-0.25, -0.2) is 4.79 Å². The number of aryl methyl sites for hydroxylation is 1. The summed E-state index contributed by atoms with van der Waals surface area (Å²) in [6.45, 7) is 3.63. The van der Waals surface area contributed by atoms with Gasteiger partial charge in [-0.05, 0) is 50.2 Å². The van der Waals surface area contributed by atoms with Crippen molar-refractivity contribution < 1.29 is 29.6 Å². The fourth-order valence-electron chi connectivity index (χ4n) is 3.35. The first kappa shape index (κ1) is 22.2. The molecule has 0 radical (unpaired) electrons. The van der Waals surface area contributed by atoms with Gasteiger partial charge in [0.2, 0.25) is 0 Å². The van der Waals surface area contributed by atoms with Crippen LogP contribution >= 0.6 is 0 Å². The highest BCUT2D eigenvalue weighted by atomic mass is 16.5. The predicted octanol–water partition coefficient (Wildman–Crippen LogP) is 2.05. The average molecular weight is 393 g/mol. The van der Waals surface area contributed by atoms with Crippen LogP contribution in [0.5, 0.6) is 5.75 Å². The number of rotatable bonds is 1. The first-order valence-electron chi connectivity index (χ1n) is 9.74. The van der Waals surface area contributed by atoms with Crippen molar-refractivity contribution in [1.82, 2.24) is 0 Å². The number of phenolic OH excluding ortho intramolecular Hbond substituents is 1. The fourth-order valence-corrected chi connectivity index (χ4v) is 3.35. The maximum atomic E-state index is 12.8. The third-order valence-corrected chi connectivity index (χ3v) is 5.48. The summed E-state index contributed by atoms with van der Waals surface area (Å²) in [6.07, 6.45) is -1.44. The number of carbonyl (C=O) groups is 2. The van der Waals surface area contributed by atoms with E-state index in [1.54, 1.807) is 13.0 Å². The van der Waals surface area contributed by atoms with Crippen LogP contribution in [0.25, 0.3) is 0 Å². The van der Waals surface area contributed by atoms with Crippen LogP contribution in [0.3, 0.4) is 0 Å². The average Bonchev–Trinajstić information content (AvgIpc) is 2.63. The minimum absolute atomic E-state index is 0.0750. The van der Waals surface area contributed by atoms with Gasteiger partial charge in [0.05, 0.1) is 6.10 Å². The van der Waals surface area contributed by atoms with Crippen LogP contribution in [-0.4, -0.2) is 59.5 Å². The lowest BCUT2D eigenvalue weighted by molar-refractivity contribution is -0.133. The van der Waals surface area contributed by atoms with Crippen molar-refractivity contribution in [1.29, 1.82) is 0 Å². The third-order valence-electron chi connectivity index (χ3n) is 5.48. The molecule has 0 amide bonds. The van der Waals surface area contributed by atoms with Crippen molar-refractivity contribution in [2.24, 2.45) is 5.92 Å². The number of fused-ring (bicyclic) bond motifs is 1. The normalized spacial score (nSPS) is 27.5. The molecule has 1 aromatic rings. The molecular weight excluding hydrogens is 362 g/mol. The van der Waals surface area contributed by atoms with Gasteiger partial charge in [0, 0.05) is 32.3 Å². The van der Waals surface area contributed by atoms with E-state index in [0.29, 0.717) is 24.8 Å². The fraction of sp³-hybridized carbons (Fsp3) is 0.619. The molecule has 7 nitrogen and oxygen atoms in total. The molecule has 156 valence electrons. The Morgan fingerprint density at radius 2 is 1.75 bits per heavy atom. The van der Waals surface area contributed by atoms with Gasteiger partial charge in [-0.2, -0.15) is 0 Å². The molecule has 0 spiro atoms. The van der Waals surface area contributed by atoms with E-state index in [-0.39, 0.29) is 30.1 Å². The standard InChI is InChI=1S/C21H31NO6/c1-12-8-9-17(24)20(26)16(23)7-5-6-14-10-15(22(3)4)11-18(25)19(14)21(27)28-13(12)2/h10-13,17,20,24-26H,5-9H2,1-4H3/t12-,13+,17?,20+/m1/s1. The van der Waals surface area contributed by atoms with Gasteiger partial charge in [-0.1, -0.05) is 6.92 Å². The van der Waals surface area contributed by atoms with E-state index in [1.807, 2.05) is 25.9 Å². The van der Waals surface area contributed by atoms with Crippen molar-refractivity contribution in [3.8, 4) is 5.75 Å². The maximum absolute atomic E-state index is 12.8. The second-order valence-corrected chi connectivity index (χ2v) is 7.89. The van der Waals surface area contributed by atoms with Gasteiger partial charge >= 0.3 is 5.97 Å². The lowest BCUT2D eigenvalue weighted by Gasteiger charge is -2.25. The Morgan fingerprint density at radius 3 is 2.39 bits per heavy atom. The molecule has 2 rings (SSSR count). The van der Waals surface area contributed by atoms with Crippen LogP contribution < -0.4 is 4.90 Å². The van der Waals surface area contributed by atoms with E-state index in [1.165, 1.54) is 6.07 Å². The Bertz CT molecular complexity index is 717. The number of carbonyl (C=O) groups excluding carboxylic acids is 2. The first-order valence-corrected chi connectivity index (χ1v) is 9.74. The molecule has 1 aromatic carbocycles. The summed E-state index contributed by atoms with van der Waals surface area (Å²) >= 11 is 0. The largest absolute Gasteiger partial charge is 0.507 e. The number of ether oxygens (including phenoxy) is 1. The summed E-state index contributed by atoms with van der Waals surface area (Å²) in [7, 11) is 3.65. The van der Waals surface area contributed by atoms with E-state index in [2.05, 4.69) is 0 Å². The number of phenols is 1. The number of ketones is 1. The maximum Gasteiger partial charge on any atom is 0.342 e. The van der Waals surface area contributed by atoms with Gasteiger partial charge in [0.15, 0.2) is 5.78 Å². The summed E-state index contributed by atoms with van der Waals surface area (Å²) in [5.74, 6) is -1.25. The highest BCUT2D eigenvalue weighted by Gasteiger charge is 2.28. The highest BCUT2D eigenvalue weighted by molar-refractivity contribution is 5.95. The Balaban J connectivity index is 2.40. The summed E-state index contributed by atoms with van der Waals surface area (Å²) < 4.78 is 5.57. The smallest absolute Gasteiger partial charge is 0.342 e. The van der Waals surface area contributed by atoms with E-state index in [0.717, 1.165) is 5.69 Å². The molecule has 0 fully saturated rings. The number of nitrogens with zero attached hydrogens (tertiary/aromatic N) is 1. The number of cyclic esters (lactones) is 1. The summed E-state index contributed by atoms with van der Waals surface area (Å²) in [5.41, 5.74) is 1.44. The summed E-state index contributed by atoms with van der Waals surface area (Å²) in [4.78, 5) is 26.8. The summed E-state index contributed by atoms with van der Waals surface area (Å²) in [5, 5.41) is 30.6. The number of Topliss-reactive ketones (excluding diaryl/α,β-unsaturated/α-hetero) is 1. The molecule has 1 aliphatic heterocycles. The quantitative estimate of drug-likeness (QED) is 0.627. The second-order valence-electron chi connectivity index (χ2n) is 7.89. The molecule has 0 bridgehead atoms. The van der Waals surface area contributed by atoms with Crippen LogP contribution in [0.1, 0.15) is 55.5 Å². The van der Waals surface area contributed by atoms with Crippen LogP contribution in [0.2, 0.25) is 0 Å². The monoisotopic (exact) mass is 393 g/mol. The van der Waals surface area contributed by atoms with Crippen molar-refractivity contribution >= 4 is 17.4 Å². The van der Waals surface area contributed by atoms with E-state index < -0.39 is 30.1 Å². The lowest BCUT2D eigenvalue weighted by atomic mass is 9.92. The minimum Gasteiger partial charge on any atom is -0.507 e. The van der Waals surface area contributed by atoms with Gasteiger partial charge in [0.25, 0.3) is 0 Å². The molecule has 1 aliphatic rings. The molecule has 7 heteroatoms. The van der Waals surface area contributed by atoms with Crippen molar-refractivity contribution in [2.45, 2.75) is 64.3 Å². The molecule has 1 unspecified atom stereocenters. The number of esters is 1. The number of aliphatic hydroxyl groups excluding tert-OH is 2. The molecule has 1 heterocycles. The second kappa shape index (κ2) is 9.39. The van der Waals surface area contributed by atoms with Gasteiger partial charge in [0.1, 0.15) is 23.5 Å². The SMILES string of the molecule is C[C@@H]1CCC(O)[C@@H](O)C(=O)CCCc2cc(N(C)C)cc(O)c2C(=O)O[C@H]1C. The highest BCUT2D eigenvalue weighted by Crippen LogP contribution is 2.31. The Morgan fingerprint density at radius 1 is 1.07 bits per heavy atom. The minimum atomic E-state index is -1.41. The van der Waals surface area contributed by atoms with Crippen LogP contribution in [0.15, 0.2) is 12.1 Å². The van der Waals surface area contributed by atoms with Crippen molar-refractivity contribution in [3.05, 3.63) is 23.3 Å². The zero-order valence-corrected chi connectivity index (χ0v) is 17.0. The molecule has 28 heavy (non-hydrogen) atoms. The van der Waals surface area contributed by atoms with Crippen molar-refractivity contribution in [3.63, 3.8) is 0 Å². The van der Waals surface area contributed by atoms with Crippen LogP contribution in [0.4, 0.5) is 5.69 Å². The number of aliphatic hydroxyl groups is 2. The van der Waals surface area contributed by atoms with Gasteiger partial charge in [-0.3, -0.25) is 4.79 Å². The number of hydrogen-bond acceptors (Lipinski definition) is 7. The number of aromatic hydroxyl groups is 1. The van der Waals surface area contributed by atoms with Crippen molar-refractivity contribution in [2.75, 3.05) is 19.0 Å². The number of hydrogen-bond donors (Lipinski definition) is 3. The Kier molecular flexibility index (Phi) is 7.43. The zero-order chi connectivity index (χ0) is 21.0. The Hall–Kier alpha value is -2.12. The van der Waals surface area contributed by atoms with E-state index >= 15 is 0 Å². The molecule has 0 saturated carbocycles. The van der Waals surface area contributed by atoms with Crippen LogP contribution in [-0.2, 0) is 16.0 Å². The molecular formula is C21H31NO6. The molecule has 0 saturated heterocycles. The van der Waals surface area contributed by atoms with E-state index in [4.69, 9.17) is 4.74 Å². The van der Waals surface area contributed by atoms with Gasteiger partial charge in [-0.15, -0.1) is 0 Å². The van der Waals surface area contributed by atoms with Gasteiger partial charge < -0.3 is 25.0 Å². The summed E-state index contributed by atoms with van der Waals surface area (Å²) in [6, 6.07) is 3.31. The zero-order valence-electron chi connectivity index (χ0n) is 17.0. The van der Waals surface area contributed by atoms with E-state index in [9.17, 15) is 24.9 Å². The number of anilines is 1. The van der Waals surface area contributed by atoms with Crippen LogP contribution in [0, 0.1) is 5.92 Å². The first-order chi connectivity index (χ1) is 13.1. The molecule has 3 N–H and O–H groups in total. The molecule has 4 atom stereocenters. The third kappa shape index (κ3) is 5.23. The predicted molar refractivity (Wildman–Crippen MR) is 106 cm³/mol.